The molecule has 2 nitrogen and oxygen atoms in total. The van der Waals surface area contributed by atoms with Crippen LogP contribution in [0.25, 0.3) is 12.2 Å². The van der Waals surface area contributed by atoms with Crippen molar-refractivity contribution in [3.63, 3.8) is 0 Å². The largest absolute Gasteiger partial charge is 0.494 e. The Bertz CT molecular complexity index is 660. The minimum Gasteiger partial charge on any atom is -0.494 e. The molecule has 0 radical (unpaired) electrons. The van der Waals surface area contributed by atoms with Gasteiger partial charge in [0.2, 0.25) is 0 Å². The van der Waals surface area contributed by atoms with E-state index in [4.69, 9.17) is 10.00 Å². The Hall–Kier alpha value is -2.79. The number of rotatable bonds is 7. The number of allylic oxidation sites excluding steroid dienone is 1. The molecule has 0 heterocycles. The monoisotopic (exact) mass is 289 g/mol. The highest BCUT2D eigenvalue weighted by Gasteiger charge is 1.94. The van der Waals surface area contributed by atoms with E-state index in [0.29, 0.717) is 12.2 Å². The third-order valence-electron chi connectivity index (χ3n) is 3.21. The van der Waals surface area contributed by atoms with Gasteiger partial charge in [-0.1, -0.05) is 42.5 Å². The van der Waals surface area contributed by atoms with E-state index in [0.717, 1.165) is 29.7 Å². The molecule has 2 aromatic carbocycles. The van der Waals surface area contributed by atoms with Crippen LogP contribution in [-0.2, 0) is 0 Å². The zero-order valence-corrected chi connectivity index (χ0v) is 12.5. The molecule has 0 aliphatic heterocycles. The van der Waals surface area contributed by atoms with Crippen LogP contribution in [0.1, 0.15) is 29.5 Å². The molecule has 22 heavy (non-hydrogen) atoms. The second-order valence-corrected chi connectivity index (χ2v) is 4.92. The van der Waals surface area contributed by atoms with Gasteiger partial charge in [-0.3, -0.25) is 0 Å². The van der Waals surface area contributed by atoms with Gasteiger partial charge >= 0.3 is 0 Å². The highest BCUT2D eigenvalue weighted by atomic mass is 16.5. The molecular formula is C20H19NO. The number of ether oxygens (including phenoxy) is 1. The van der Waals surface area contributed by atoms with Gasteiger partial charge in [-0.05, 0) is 48.2 Å². The molecule has 0 aliphatic rings. The summed E-state index contributed by atoms with van der Waals surface area (Å²) in [5, 5.41) is 8.77. The topological polar surface area (TPSA) is 33.0 Å². The van der Waals surface area contributed by atoms with Crippen LogP contribution in [0.4, 0.5) is 0 Å². The fraction of sp³-hybridized carbons (Fsp3) is 0.150. The number of unbranched alkanes of at least 4 members (excludes halogenated alkanes) is 1. The van der Waals surface area contributed by atoms with Gasteiger partial charge < -0.3 is 4.74 Å². The standard InChI is InChI=1S/C20H19NO/c1-2-3-4-15-22-20-13-11-18(12-14-20)6-5-17-7-9-19(16-21)10-8-17/h2,5-14H,1,3-4,15H2/b6-5+. The van der Waals surface area contributed by atoms with Crippen molar-refractivity contribution in [2.45, 2.75) is 12.8 Å². The van der Waals surface area contributed by atoms with E-state index in [-0.39, 0.29) is 0 Å². The van der Waals surface area contributed by atoms with E-state index in [9.17, 15) is 0 Å². The summed E-state index contributed by atoms with van der Waals surface area (Å²) in [5.74, 6) is 0.889. The molecule has 0 N–H and O–H groups in total. The summed E-state index contributed by atoms with van der Waals surface area (Å²) in [7, 11) is 0. The first-order valence-corrected chi connectivity index (χ1v) is 7.34. The summed E-state index contributed by atoms with van der Waals surface area (Å²) in [6.45, 7) is 4.41. The van der Waals surface area contributed by atoms with E-state index in [1.807, 2.05) is 66.8 Å². The zero-order chi connectivity index (χ0) is 15.6. The molecule has 110 valence electrons. The normalized spacial score (nSPS) is 10.3. The minimum atomic E-state index is 0.676. The summed E-state index contributed by atoms with van der Waals surface area (Å²) >= 11 is 0. The first kappa shape index (κ1) is 15.6. The van der Waals surface area contributed by atoms with Crippen LogP contribution in [0, 0.1) is 11.3 Å². The molecule has 0 spiro atoms. The maximum atomic E-state index is 8.77. The maximum absolute atomic E-state index is 8.77. The predicted octanol–water partition coefficient (Wildman–Crippen LogP) is 5.07. The first-order valence-electron chi connectivity index (χ1n) is 7.34. The van der Waals surface area contributed by atoms with Crippen LogP contribution in [-0.4, -0.2) is 6.61 Å². The average Bonchev–Trinajstić information content (AvgIpc) is 2.58. The molecule has 0 fully saturated rings. The molecule has 0 aliphatic carbocycles. The van der Waals surface area contributed by atoms with Crippen LogP contribution in [0.5, 0.6) is 5.75 Å². The lowest BCUT2D eigenvalue weighted by Gasteiger charge is -2.05. The van der Waals surface area contributed by atoms with Gasteiger partial charge in [0.25, 0.3) is 0 Å². The molecule has 0 bridgehead atoms. The van der Waals surface area contributed by atoms with Crippen molar-refractivity contribution in [1.82, 2.24) is 0 Å². The number of hydrogen-bond donors (Lipinski definition) is 0. The van der Waals surface area contributed by atoms with E-state index >= 15 is 0 Å². The number of nitriles is 1. The summed E-state index contributed by atoms with van der Waals surface area (Å²) in [6, 6.07) is 17.6. The Labute approximate surface area is 132 Å². The number of hydrogen-bond acceptors (Lipinski definition) is 2. The fourth-order valence-electron chi connectivity index (χ4n) is 1.95. The molecule has 0 saturated carbocycles. The average molecular weight is 289 g/mol. The highest BCUT2D eigenvalue weighted by Crippen LogP contribution is 2.15. The van der Waals surface area contributed by atoms with Crippen molar-refractivity contribution in [2.24, 2.45) is 0 Å². The summed E-state index contributed by atoms with van der Waals surface area (Å²) in [5.41, 5.74) is 2.86. The lowest BCUT2D eigenvalue weighted by atomic mass is 10.1. The molecule has 0 saturated heterocycles. The molecule has 2 heteroatoms. The number of nitrogens with zero attached hydrogens (tertiary/aromatic N) is 1. The van der Waals surface area contributed by atoms with Crippen LogP contribution < -0.4 is 4.74 Å². The zero-order valence-electron chi connectivity index (χ0n) is 12.5. The van der Waals surface area contributed by atoms with Crippen LogP contribution in [0.2, 0.25) is 0 Å². The lowest BCUT2D eigenvalue weighted by molar-refractivity contribution is 0.312. The Morgan fingerprint density at radius 2 is 1.55 bits per heavy atom. The second kappa shape index (κ2) is 8.49. The van der Waals surface area contributed by atoms with Gasteiger partial charge in [0, 0.05) is 0 Å². The van der Waals surface area contributed by atoms with Crippen LogP contribution >= 0.6 is 0 Å². The van der Waals surface area contributed by atoms with E-state index in [2.05, 4.69) is 12.6 Å². The van der Waals surface area contributed by atoms with Crippen LogP contribution in [0.3, 0.4) is 0 Å². The van der Waals surface area contributed by atoms with Gasteiger partial charge in [0.1, 0.15) is 5.75 Å². The molecule has 0 atom stereocenters. The first-order chi connectivity index (χ1) is 10.8. The summed E-state index contributed by atoms with van der Waals surface area (Å²) in [4.78, 5) is 0. The molecule has 2 aromatic rings. The van der Waals surface area contributed by atoms with Crippen molar-refractivity contribution >= 4 is 12.2 Å². The van der Waals surface area contributed by atoms with Gasteiger partial charge in [0.05, 0.1) is 18.2 Å². The SMILES string of the molecule is C=CCCCOc1ccc(/C=C/c2ccc(C#N)cc2)cc1. The number of benzene rings is 2. The summed E-state index contributed by atoms with van der Waals surface area (Å²) in [6.07, 6.45) is 7.94. The fourth-order valence-corrected chi connectivity index (χ4v) is 1.95. The Morgan fingerprint density at radius 3 is 2.09 bits per heavy atom. The predicted molar refractivity (Wildman–Crippen MR) is 91.5 cm³/mol. The van der Waals surface area contributed by atoms with Crippen molar-refractivity contribution in [3.8, 4) is 11.8 Å². The molecular weight excluding hydrogens is 270 g/mol. The minimum absolute atomic E-state index is 0.676. The molecule has 0 unspecified atom stereocenters. The van der Waals surface area contributed by atoms with Gasteiger partial charge in [-0.25, -0.2) is 0 Å². The third kappa shape index (κ3) is 4.96. The van der Waals surface area contributed by atoms with Gasteiger partial charge in [-0.2, -0.15) is 5.26 Å². The maximum Gasteiger partial charge on any atom is 0.119 e. The second-order valence-electron chi connectivity index (χ2n) is 4.92. The Morgan fingerprint density at radius 1 is 0.955 bits per heavy atom. The van der Waals surface area contributed by atoms with Crippen molar-refractivity contribution in [1.29, 1.82) is 5.26 Å². The van der Waals surface area contributed by atoms with Crippen LogP contribution in [0.15, 0.2) is 61.2 Å². The highest BCUT2D eigenvalue weighted by molar-refractivity contribution is 5.70. The third-order valence-corrected chi connectivity index (χ3v) is 3.21. The Kier molecular flexibility index (Phi) is 6.02. The van der Waals surface area contributed by atoms with E-state index in [1.54, 1.807) is 0 Å². The smallest absolute Gasteiger partial charge is 0.119 e. The quantitative estimate of drug-likeness (QED) is 0.405. The van der Waals surface area contributed by atoms with Crippen molar-refractivity contribution in [2.75, 3.05) is 6.61 Å². The van der Waals surface area contributed by atoms with E-state index < -0.39 is 0 Å². The van der Waals surface area contributed by atoms with Gasteiger partial charge in [0.15, 0.2) is 0 Å². The van der Waals surface area contributed by atoms with E-state index in [1.165, 1.54) is 0 Å². The van der Waals surface area contributed by atoms with Gasteiger partial charge in [-0.15, -0.1) is 6.58 Å². The van der Waals surface area contributed by atoms with Crippen molar-refractivity contribution in [3.05, 3.63) is 77.9 Å². The molecule has 2 rings (SSSR count). The Balaban J connectivity index is 1.91. The summed E-state index contributed by atoms with van der Waals surface area (Å²) < 4.78 is 5.65. The molecule has 0 aromatic heterocycles. The van der Waals surface area contributed by atoms with Crippen molar-refractivity contribution < 1.29 is 4.74 Å². The lowest BCUT2D eigenvalue weighted by Crippen LogP contribution is -1.96. The molecule has 0 amide bonds.